The fraction of sp³-hybridized carbons (Fsp3) is 1.00. The van der Waals surface area contributed by atoms with Gasteiger partial charge in [0, 0.05) is 6.54 Å². The molecular formula is C13H31N. The molecule has 1 saturated heterocycles. The van der Waals surface area contributed by atoms with E-state index in [2.05, 4.69) is 19.2 Å². The molecule has 1 fully saturated rings. The molecule has 1 N–H and O–H groups in total. The Labute approximate surface area is 91.7 Å². The van der Waals surface area contributed by atoms with E-state index in [0.29, 0.717) is 5.41 Å². The average molecular weight is 201 g/mol. The first-order valence-electron chi connectivity index (χ1n) is 6.47. The van der Waals surface area contributed by atoms with Crippen LogP contribution in [0.2, 0.25) is 0 Å². The molecular weight excluding hydrogens is 170 g/mol. The zero-order chi connectivity index (χ0) is 11.4. The van der Waals surface area contributed by atoms with Crippen molar-refractivity contribution in [1.29, 1.82) is 0 Å². The van der Waals surface area contributed by atoms with E-state index in [1.54, 1.807) is 0 Å². The van der Waals surface area contributed by atoms with Crippen LogP contribution in [0.1, 0.15) is 67.2 Å². The molecule has 0 radical (unpaired) electrons. The van der Waals surface area contributed by atoms with E-state index >= 15 is 0 Å². The van der Waals surface area contributed by atoms with E-state index in [1.807, 2.05) is 27.7 Å². The summed E-state index contributed by atoms with van der Waals surface area (Å²) in [6.07, 6.45) is 5.54. The van der Waals surface area contributed by atoms with E-state index in [-0.39, 0.29) is 0 Å². The Balaban J connectivity index is 0. The standard InChI is InChI=1S/C9H19N.2C2H6/c1-3-4-5-9(2)6-7-10-8-9;2*1-2/h10H,3-8H2,1-2H3;2*1-2H3/t9-;;/m1../s1. The summed E-state index contributed by atoms with van der Waals surface area (Å²) in [5.41, 5.74) is 0.635. The van der Waals surface area contributed by atoms with Crippen molar-refractivity contribution < 1.29 is 0 Å². The third-order valence-corrected chi connectivity index (χ3v) is 2.59. The molecule has 0 aromatic carbocycles. The third-order valence-electron chi connectivity index (χ3n) is 2.59. The van der Waals surface area contributed by atoms with Crippen LogP contribution in [0, 0.1) is 5.41 Å². The topological polar surface area (TPSA) is 12.0 Å². The van der Waals surface area contributed by atoms with Crippen LogP contribution in [-0.2, 0) is 0 Å². The van der Waals surface area contributed by atoms with Gasteiger partial charge < -0.3 is 5.32 Å². The molecule has 0 aromatic heterocycles. The van der Waals surface area contributed by atoms with Crippen molar-refractivity contribution in [2.24, 2.45) is 5.41 Å². The molecule has 1 heterocycles. The Bertz CT molecular complexity index is 93.4. The van der Waals surface area contributed by atoms with Gasteiger partial charge in [-0.05, 0) is 24.8 Å². The maximum absolute atomic E-state index is 3.42. The number of unbranched alkanes of at least 4 members (excludes halogenated alkanes) is 1. The quantitative estimate of drug-likeness (QED) is 0.720. The molecule has 0 unspecified atom stereocenters. The molecule has 1 aliphatic heterocycles. The maximum Gasteiger partial charge on any atom is 0.000564 e. The Morgan fingerprint density at radius 3 is 2.07 bits per heavy atom. The van der Waals surface area contributed by atoms with E-state index in [1.165, 1.54) is 38.8 Å². The first kappa shape index (κ1) is 16.4. The molecule has 1 atom stereocenters. The zero-order valence-electron chi connectivity index (χ0n) is 11.2. The van der Waals surface area contributed by atoms with E-state index in [9.17, 15) is 0 Å². The van der Waals surface area contributed by atoms with Crippen LogP contribution in [0.4, 0.5) is 0 Å². The Kier molecular flexibility index (Phi) is 12.9. The van der Waals surface area contributed by atoms with Gasteiger partial charge in [0.2, 0.25) is 0 Å². The van der Waals surface area contributed by atoms with Crippen molar-refractivity contribution in [2.45, 2.75) is 67.2 Å². The van der Waals surface area contributed by atoms with Gasteiger partial charge in [0.15, 0.2) is 0 Å². The van der Waals surface area contributed by atoms with Crippen molar-refractivity contribution in [1.82, 2.24) is 5.32 Å². The van der Waals surface area contributed by atoms with Gasteiger partial charge in [0.05, 0.1) is 0 Å². The van der Waals surface area contributed by atoms with Crippen LogP contribution in [0.5, 0.6) is 0 Å². The van der Waals surface area contributed by atoms with Crippen LogP contribution in [-0.4, -0.2) is 13.1 Å². The van der Waals surface area contributed by atoms with Crippen molar-refractivity contribution in [3.8, 4) is 0 Å². The summed E-state index contributed by atoms with van der Waals surface area (Å²) in [5.74, 6) is 0. The van der Waals surface area contributed by atoms with Crippen molar-refractivity contribution in [3.63, 3.8) is 0 Å². The predicted octanol–water partition coefficient (Wildman–Crippen LogP) is 4.23. The largest absolute Gasteiger partial charge is 0.316 e. The number of nitrogens with one attached hydrogen (secondary N) is 1. The summed E-state index contributed by atoms with van der Waals surface area (Å²) in [4.78, 5) is 0. The van der Waals surface area contributed by atoms with Gasteiger partial charge in [-0.1, -0.05) is 54.4 Å². The van der Waals surface area contributed by atoms with E-state index < -0.39 is 0 Å². The summed E-state index contributed by atoms with van der Waals surface area (Å²) in [6, 6.07) is 0. The second kappa shape index (κ2) is 11.0. The highest BCUT2D eigenvalue weighted by Crippen LogP contribution is 2.30. The van der Waals surface area contributed by atoms with E-state index in [0.717, 1.165) is 0 Å². The highest BCUT2D eigenvalue weighted by atomic mass is 14.9. The average Bonchev–Trinajstić information content (AvgIpc) is 2.69. The minimum absolute atomic E-state index is 0.635. The summed E-state index contributed by atoms with van der Waals surface area (Å²) >= 11 is 0. The lowest BCUT2D eigenvalue weighted by molar-refractivity contribution is 0.323. The van der Waals surface area contributed by atoms with Crippen LogP contribution in [0.25, 0.3) is 0 Å². The number of hydrogen-bond donors (Lipinski definition) is 1. The summed E-state index contributed by atoms with van der Waals surface area (Å²) in [7, 11) is 0. The molecule has 1 aliphatic rings. The van der Waals surface area contributed by atoms with Gasteiger partial charge in [-0.3, -0.25) is 0 Å². The SMILES string of the molecule is CC.CC.CCCC[C@]1(C)CCNC1. The Morgan fingerprint density at radius 2 is 1.71 bits per heavy atom. The van der Waals surface area contributed by atoms with Crippen LogP contribution in [0.15, 0.2) is 0 Å². The maximum atomic E-state index is 3.42. The lowest BCUT2D eigenvalue weighted by Gasteiger charge is -2.21. The molecule has 14 heavy (non-hydrogen) atoms. The lowest BCUT2D eigenvalue weighted by Crippen LogP contribution is -2.19. The minimum atomic E-state index is 0.635. The molecule has 0 aromatic rings. The van der Waals surface area contributed by atoms with Gasteiger partial charge in [0.25, 0.3) is 0 Å². The molecule has 88 valence electrons. The van der Waals surface area contributed by atoms with Crippen molar-refractivity contribution in [3.05, 3.63) is 0 Å². The third kappa shape index (κ3) is 7.37. The van der Waals surface area contributed by atoms with Gasteiger partial charge in [-0.25, -0.2) is 0 Å². The van der Waals surface area contributed by atoms with Gasteiger partial charge in [0.1, 0.15) is 0 Å². The summed E-state index contributed by atoms with van der Waals surface area (Å²) < 4.78 is 0. The molecule has 1 rings (SSSR count). The number of rotatable bonds is 3. The van der Waals surface area contributed by atoms with Crippen LogP contribution >= 0.6 is 0 Å². The number of hydrogen-bond acceptors (Lipinski definition) is 1. The molecule has 1 heteroatoms. The van der Waals surface area contributed by atoms with E-state index in [4.69, 9.17) is 0 Å². The molecule has 0 amide bonds. The fourth-order valence-electron chi connectivity index (χ4n) is 1.69. The van der Waals surface area contributed by atoms with Gasteiger partial charge >= 0.3 is 0 Å². The Hall–Kier alpha value is -0.0400. The highest BCUT2D eigenvalue weighted by molar-refractivity contribution is 4.83. The Morgan fingerprint density at radius 1 is 1.14 bits per heavy atom. The minimum Gasteiger partial charge on any atom is -0.316 e. The van der Waals surface area contributed by atoms with Gasteiger partial charge in [-0.2, -0.15) is 0 Å². The lowest BCUT2D eigenvalue weighted by atomic mass is 9.84. The van der Waals surface area contributed by atoms with Gasteiger partial charge in [-0.15, -0.1) is 0 Å². The smallest absolute Gasteiger partial charge is 0.000564 e. The first-order chi connectivity index (χ1) is 6.77. The second-order valence-corrected chi connectivity index (χ2v) is 3.84. The second-order valence-electron chi connectivity index (χ2n) is 3.84. The normalized spacial score (nSPS) is 24.4. The summed E-state index contributed by atoms with van der Waals surface area (Å²) in [6.45, 7) is 15.2. The first-order valence-corrected chi connectivity index (χ1v) is 6.47. The monoisotopic (exact) mass is 201 g/mol. The van der Waals surface area contributed by atoms with Crippen LogP contribution < -0.4 is 5.32 Å². The summed E-state index contributed by atoms with van der Waals surface area (Å²) in [5, 5.41) is 3.42. The molecule has 0 spiro atoms. The molecule has 0 aliphatic carbocycles. The molecule has 0 bridgehead atoms. The predicted molar refractivity (Wildman–Crippen MR) is 67.8 cm³/mol. The zero-order valence-corrected chi connectivity index (χ0v) is 11.2. The fourth-order valence-corrected chi connectivity index (χ4v) is 1.69. The van der Waals surface area contributed by atoms with Crippen molar-refractivity contribution >= 4 is 0 Å². The highest BCUT2D eigenvalue weighted by Gasteiger charge is 2.26. The molecule has 1 nitrogen and oxygen atoms in total. The van der Waals surface area contributed by atoms with Crippen molar-refractivity contribution in [2.75, 3.05) is 13.1 Å². The molecule has 0 saturated carbocycles. The van der Waals surface area contributed by atoms with Crippen LogP contribution in [0.3, 0.4) is 0 Å².